The number of carbonyl (C=O) groups excluding carboxylic acids is 1. The summed E-state index contributed by atoms with van der Waals surface area (Å²) in [7, 11) is 0. The number of benzene rings is 1. The Bertz CT molecular complexity index is 585. The van der Waals surface area contributed by atoms with E-state index in [0.717, 1.165) is 25.9 Å². The number of aromatic hydroxyl groups is 1. The predicted molar refractivity (Wildman–Crippen MR) is 105 cm³/mol. The Morgan fingerprint density at radius 3 is 2.68 bits per heavy atom. The largest absolute Gasteiger partial charge is 0.508 e. The molecule has 4 heteroatoms. The van der Waals surface area contributed by atoms with Crippen molar-refractivity contribution in [3.05, 3.63) is 29.8 Å². The Morgan fingerprint density at radius 1 is 1.32 bits per heavy atom. The molecule has 1 aromatic rings. The van der Waals surface area contributed by atoms with Crippen LogP contribution in [0, 0.1) is 11.8 Å². The first-order chi connectivity index (χ1) is 11.5. The zero-order chi connectivity index (χ0) is 17.2. The lowest BCUT2D eigenvalue weighted by molar-refractivity contribution is -0.121. The number of rotatable bonds is 5. The topological polar surface area (TPSA) is 40.5 Å². The van der Waals surface area contributed by atoms with E-state index in [2.05, 4.69) is 24.8 Å². The molecule has 0 bridgehead atoms. The van der Waals surface area contributed by atoms with Gasteiger partial charge >= 0.3 is 0 Å². The molecule has 1 aliphatic heterocycles. The van der Waals surface area contributed by atoms with Crippen molar-refractivity contribution in [3.63, 3.8) is 0 Å². The molecule has 0 amide bonds. The number of hydrogen-bond acceptors (Lipinski definition) is 3. The molecule has 3 rings (SSSR count). The SMILES string of the molecule is CC1CN(CC(=O)CC2CCCC2)CCC1(C)c1cccc(O)c1.Cl. The Labute approximate surface area is 158 Å². The Balaban J connectivity index is 0.00000225. The van der Waals surface area contributed by atoms with E-state index in [1.807, 2.05) is 12.1 Å². The molecule has 140 valence electrons. The maximum atomic E-state index is 12.4. The standard InChI is InChI=1S/C21H31NO2.ClH/c1-16-14-22(15-20(24)12-17-6-3-4-7-17)11-10-21(16,2)18-8-5-9-19(23)13-18;/h5,8-9,13,16-17,23H,3-4,6-7,10-12,14-15H2,1-2H3;1H. The lowest BCUT2D eigenvalue weighted by atomic mass is 9.68. The molecule has 0 aromatic heterocycles. The molecular weight excluding hydrogens is 334 g/mol. The van der Waals surface area contributed by atoms with Gasteiger partial charge in [-0.1, -0.05) is 51.7 Å². The number of halogens is 1. The van der Waals surface area contributed by atoms with Crippen molar-refractivity contribution < 1.29 is 9.90 Å². The molecule has 2 aliphatic rings. The Hall–Kier alpha value is -1.06. The second-order valence-electron chi connectivity index (χ2n) is 8.25. The van der Waals surface area contributed by atoms with Gasteiger partial charge in [0.1, 0.15) is 11.5 Å². The van der Waals surface area contributed by atoms with E-state index in [0.29, 0.717) is 29.9 Å². The molecule has 25 heavy (non-hydrogen) atoms. The first kappa shape index (κ1) is 20.3. The maximum Gasteiger partial charge on any atom is 0.147 e. The molecule has 1 aliphatic carbocycles. The summed E-state index contributed by atoms with van der Waals surface area (Å²) in [6.45, 7) is 7.12. The quantitative estimate of drug-likeness (QED) is 0.831. The fourth-order valence-electron chi connectivity index (χ4n) is 4.60. The molecule has 1 saturated carbocycles. The van der Waals surface area contributed by atoms with E-state index in [1.165, 1.54) is 31.2 Å². The van der Waals surface area contributed by atoms with E-state index >= 15 is 0 Å². The third kappa shape index (κ3) is 4.77. The molecule has 3 nitrogen and oxygen atoms in total. The zero-order valence-corrected chi connectivity index (χ0v) is 16.4. The van der Waals surface area contributed by atoms with Gasteiger partial charge in [0.2, 0.25) is 0 Å². The number of phenols is 1. The fourth-order valence-corrected chi connectivity index (χ4v) is 4.60. The highest BCUT2D eigenvalue weighted by Gasteiger charge is 2.38. The van der Waals surface area contributed by atoms with E-state index in [4.69, 9.17) is 0 Å². The summed E-state index contributed by atoms with van der Waals surface area (Å²) in [5, 5.41) is 9.80. The number of piperidine rings is 1. The van der Waals surface area contributed by atoms with Gasteiger partial charge in [-0.15, -0.1) is 12.4 Å². The first-order valence-corrected chi connectivity index (χ1v) is 9.51. The summed E-state index contributed by atoms with van der Waals surface area (Å²) in [5.41, 5.74) is 1.29. The minimum Gasteiger partial charge on any atom is -0.508 e. The minimum absolute atomic E-state index is 0. The fraction of sp³-hybridized carbons (Fsp3) is 0.667. The highest BCUT2D eigenvalue weighted by Crippen LogP contribution is 2.40. The molecule has 0 spiro atoms. The lowest BCUT2D eigenvalue weighted by Gasteiger charge is -2.45. The highest BCUT2D eigenvalue weighted by atomic mass is 35.5. The van der Waals surface area contributed by atoms with E-state index in [-0.39, 0.29) is 17.8 Å². The van der Waals surface area contributed by atoms with Crippen molar-refractivity contribution in [1.29, 1.82) is 0 Å². The highest BCUT2D eigenvalue weighted by molar-refractivity contribution is 5.85. The maximum absolute atomic E-state index is 12.4. The summed E-state index contributed by atoms with van der Waals surface area (Å²) in [5.74, 6) is 1.88. The summed E-state index contributed by atoms with van der Waals surface area (Å²) in [4.78, 5) is 14.7. The number of ketones is 1. The van der Waals surface area contributed by atoms with Gasteiger partial charge in [-0.2, -0.15) is 0 Å². The van der Waals surface area contributed by atoms with Crippen LogP contribution in [0.3, 0.4) is 0 Å². The molecule has 0 radical (unpaired) electrons. The first-order valence-electron chi connectivity index (χ1n) is 9.51. The van der Waals surface area contributed by atoms with Crippen molar-refractivity contribution in [3.8, 4) is 5.75 Å². The van der Waals surface area contributed by atoms with Crippen LogP contribution in [-0.2, 0) is 10.2 Å². The average Bonchev–Trinajstić information content (AvgIpc) is 3.04. The number of likely N-dealkylation sites (tertiary alicyclic amines) is 1. The van der Waals surface area contributed by atoms with Crippen molar-refractivity contribution >= 4 is 18.2 Å². The third-order valence-electron chi connectivity index (χ3n) is 6.46. The van der Waals surface area contributed by atoms with Crippen LogP contribution in [0.2, 0.25) is 0 Å². The van der Waals surface area contributed by atoms with Crippen molar-refractivity contribution in [2.24, 2.45) is 11.8 Å². The lowest BCUT2D eigenvalue weighted by Crippen LogP contribution is -2.48. The van der Waals surface area contributed by atoms with E-state index in [1.54, 1.807) is 6.07 Å². The summed E-state index contributed by atoms with van der Waals surface area (Å²) in [6, 6.07) is 7.68. The molecular formula is C21H32ClNO2. The van der Waals surface area contributed by atoms with Crippen molar-refractivity contribution in [1.82, 2.24) is 4.90 Å². The van der Waals surface area contributed by atoms with Gasteiger partial charge in [-0.3, -0.25) is 9.69 Å². The molecule has 1 aromatic carbocycles. The van der Waals surface area contributed by atoms with Crippen LogP contribution in [0.4, 0.5) is 0 Å². The molecule has 1 heterocycles. The van der Waals surface area contributed by atoms with Crippen molar-refractivity contribution in [2.75, 3.05) is 19.6 Å². The van der Waals surface area contributed by atoms with Gasteiger partial charge in [-0.25, -0.2) is 0 Å². The van der Waals surface area contributed by atoms with E-state index in [9.17, 15) is 9.90 Å². The minimum atomic E-state index is 0. The van der Waals surface area contributed by atoms with Crippen LogP contribution >= 0.6 is 12.4 Å². The van der Waals surface area contributed by atoms with E-state index < -0.39 is 0 Å². The van der Waals surface area contributed by atoms with Gasteiger partial charge in [0, 0.05) is 13.0 Å². The van der Waals surface area contributed by atoms with Gasteiger partial charge in [0.05, 0.1) is 6.54 Å². The molecule has 2 fully saturated rings. The number of nitrogens with zero attached hydrogens (tertiary/aromatic N) is 1. The number of Topliss-reactive ketones (excluding diaryl/α,β-unsaturated/α-hetero) is 1. The molecule has 1 saturated heterocycles. The summed E-state index contributed by atoms with van der Waals surface area (Å²) >= 11 is 0. The van der Waals surface area contributed by atoms with Gasteiger partial charge in [-0.05, 0) is 47.9 Å². The number of carbonyl (C=O) groups is 1. The monoisotopic (exact) mass is 365 g/mol. The second-order valence-corrected chi connectivity index (χ2v) is 8.25. The van der Waals surface area contributed by atoms with Crippen LogP contribution < -0.4 is 0 Å². The van der Waals surface area contributed by atoms with Crippen LogP contribution in [-0.4, -0.2) is 35.4 Å². The Kier molecular flexibility index (Phi) is 6.93. The average molecular weight is 366 g/mol. The smallest absolute Gasteiger partial charge is 0.147 e. The summed E-state index contributed by atoms with van der Waals surface area (Å²) < 4.78 is 0. The van der Waals surface area contributed by atoms with Crippen LogP contribution in [0.5, 0.6) is 5.75 Å². The number of hydrogen-bond donors (Lipinski definition) is 1. The van der Waals surface area contributed by atoms with Gasteiger partial charge in [0.15, 0.2) is 0 Å². The zero-order valence-electron chi connectivity index (χ0n) is 15.5. The van der Waals surface area contributed by atoms with Crippen LogP contribution in [0.15, 0.2) is 24.3 Å². The van der Waals surface area contributed by atoms with Crippen molar-refractivity contribution in [2.45, 2.75) is 57.8 Å². The molecule has 1 N–H and O–H groups in total. The second kappa shape index (κ2) is 8.55. The van der Waals surface area contributed by atoms with Crippen LogP contribution in [0.1, 0.15) is 57.9 Å². The Morgan fingerprint density at radius 2 is 2.04 bits per heavy atom. The molecule has 2 atom stereocenters. The third-order valence-corrected chi connectivity index (χ3v) is 6.46. The molecule has 2 unspecified atom stereocenters. The van der Waals surface area contributed by atoms with Gasteiger partial charge in [0.25, 0.3) is 0 Å². The normalized spacial score (nSPS) is 27.8. The predicted octanol–water partition coefficient (Wildman–Crippen LogP) is 4.56. The summed E-state index contributed by atoms with van der Waals surface area (Å²) in [6.07, 6.45) is 6.93. The van der Waals surface area contributed by atoms with Gasteiger partial charge < -0.3 is 5.11 Å². The number of phenolic OH excluding ortho intramolecular Hbond substituents is 1. The van der Waals surface area contributed by atoms with Crippen LogP contribution in [0.25, 0.3) is 0 Å².